The Morgan fingerprint density at radius 3 is 2.03 bits per heavy atom. The van der Waals surface area contributed by atoms with Crippen molar-refractivity contribution in [3.63, 3.8) is 0 Å². The van der Waals surface area contributed by atoms with Gasteiger partial charge in [-0.25, -0.2) is 0 Å². The van der Waals surface area contributed by atoms with Crippen LogP contribution in [0.4, 0.5) is 0 Å². The molecule has 0 saturated carbocycles. The van der Waals surface area contributed by atoms with Crippen molar-refractivity contribution in [1.29, 1.82) is 0 Å². The maximum atomic E-state index is 13.5. The van der Waals surface area contributed by atoms with Gasteiger partial charge >= 0.3 is 0 Å². The fraction of sp³-hybridized carbons (Fsp3) is 0.286. The highest BCUT2D eigenvalue weighted by Gasteiger charge is 2.32. The summed E-state index contributed by atoms with van der Waals surface area (Å²) in [7, 11) is 0. The van der Waals surface area contributed by atoms with Gasteiger partial charge in [-0.3, -0.25) is 9.59 Å². The van der Waals surface area contributed by atoms with E-state index in [0.717, 1.165) is 11.1 Å². The fourth-order valence-electron chi connectivity index (χ4n) is 3.57. The Balaban J connectivity index is 1.91. The molecule has 34 heavy (non-hydrogen) atoms. The van der Waals surface area contributed by atoms with E-state index in [2.05, 4.69) is 5.32 Å². The van der Waals surface area contributed by atoms with Crippen molar-refractivity contribution < 1.29 is 14.3 Å². The Hall–Kier alpha value is -3.31. The second-order valence-corrected chi connectivity index (χ2v) is 9.58. The van der Waals surface area contributed by atoms with Crippen LogP contribution in [0.3, 0.4) is 0 Å². The quantitative estimate of drug-likeness (QED) is 0.455. The van der Waals surface area contributed by atoms with E-state index in [1.807, 2.05) is 81.4 Å². The van der Waals surface area contributed by atoms with Crippen molar-refractivity contribution in [2.75, 3.05) is 6.61 Å². The van der Waals surface area contributed by atoms with Crippen LogP contribution in [0.2, 0.25) is 5.02 Å². The van der Waals surface area contributed by atoms with Crippen molar-refractivity contribution in [2.45, 2.75) is 45.3 Å². The Morgan fingerprint density at radius 2 is 1.44 bits per heavy atom. The zero-order chi connectivity index (χ0) is 24.6. The van der Waals surface area contributed by atoms with E-state index in [-0.39, 0.29) is 25.0 Å². The van der Waals surface area contributed by atoms with Gasteiger partial charge in [0.1, 0.15) is 11.8 Å². The largest absolute Gasteiger partial charge is 0.482 e. The molecule has 0 aliphatic heterocycles. The lowest BCUT2D eigenvalue weighted by molar-refractivity contribution is -0.143. The molecule has 3 aromatic carbocycles. The maximum absolute atomic E-state index is 13.5. The minimum absolute atomic E-state index is 0.210. The van der Waals surface area contributed by atoms with E-state index in [4.69, 9.17) is 16.3 Å². The van der Waals surface area contributed by atoms with Gasteiger partial charge in [-0.05, 0) is 44.0 Å². The number of nitrogens with zero attached hydrogens (tertiary/aromatic N) is 1. The lowest BCUT2D eigenvalue weighted by Crippen LogP contribution is -2.55. The van der Waals surface area contributed by atoms with Gasteiger partial charge in [0.05, 0.1) is 5.02 Å². The summed E-state index contributed by atoms with van der Waals surface area (Å²) in [6.45, 7) is 5.82. The van der Waals surface area contributed by atoms with Gasteiger partial charge in [0.15, 0.2) is 6.61 Å². The van der Waals surface area contributed by atoms with E-state index >= 15 is 0 Å². The molecule has 1 atom stereocenters. The number of halogens is 1. The average Bonchev–Trinajstić information content (AvgIpc) is 2.81. The first-order chi connectivity index (χ1) is 16.2. The number of carbonyl (C=O) groups is 2. The lowest BCUT2D eigenvalue weighted by atomic mass is 10.0. The first kappa shape index (κ1) is 25.3. The van der Waals surface area contributed by atoms with Crippen LogP contribution in [0.15, 0.2) is 84.9 Å². The summed E-state index contributed by atoms with van der Waals surface area (Å²) < 4.78 is 5.74. The number of hydrogen-bond acceptors (Lipinski definition) is 3. The third-order valence-electron chi connectivity index (χ3n) is 5.15. The highest BCUT2D eigenvalue weighted by Crippen LogP contribution is 2.23. The van der Waals surface area contributed by atoms with Gasteiger partial charge in [-0.2, -0.15) is 0 Å². The molecular formula is C28H31ClN2O3. The number of nitrogens with one attached hydrogen (secondary N) is 1. The number of rotatable bonds is 9. The standard InChI is InChI=1S/C28H31ClN2O3/c1-28(2,3)30-27(33)24(18-21-12-6-4-7-13-21)31(19-22-14-8-5-9-15-22)26(32)20-34-25-17-11-10-16-23(25)29/h4-17,24H,18-20H2,1-3H3,(H,30,33)/t24-/m1/s1. The van der Waals surface area contributed by atoms with Crippen molar-refractivity contribution in [1.82, 2.24) is 10.2 Å². The van der Waals surface area contributed by atoms with E-state index in [0.29, 0.717) is 17.2 Å². The molecule has 0 fully saturated rings. The van der Waals surface area contributed by atoms with Crippen LogP contribution in [-0.2, 0) is 22.6 Å². The van der Waals surface area contributed by atoms with Gasteiger partial charge in [0.25, 0.3) is 5.91 Å². The second kappa shape index (κ2) is 11.7. The Morgan fingerprint density at radius 1 is 0.882 bits per heavy atom. The van der Waals surface area contributed by atoms with Crippen molar-refractivity contribution in [3.8, 4) is 5.75 Å². The Kier molecular flexibility index (Phi) is 8.72. The van der Waals surface area contributed by atoms with Gasteiger partial charge in [-0.1, -0.05) is 84.4 Å². The Bertz CT molecular complexity index is 1080. The summed E-state index contributed by atoms with van der Waals surface area (Å²) in [6.07, 6.45) is 0.382. The van der Waals surface area contributed by atoms with Gasteiger partial charge < -0.3 is 15.0 Å². The molecule has 2 amide bonds. The molecule has 0 bridgehead atoms. The predicted molar refractivity (Wildman–Crippen MR) is 136 cm³/mol. The molecule has 0 spiro atoms. The van der Waals surface area contributed by atoms with E-state index < -0.39 is 11.6 Å². The first-order valence-electron chi connectivity index (χ1n) is 11.3. The number of para-hydroxylation sites is 1. The SMILES string of the molecule is CC(C)(C)NC(=O)[C@@H](Cc1ccccc1)N(Cc1ccccc1)C(=O)COc1ccccc1Cl. The van der Waals surface area contributed by atoms with Gasteiger partial charge in [0, 0.05) is 18.5 Å². The molecular weight excluding hydrogens is 448 g/mol. The minimum atomic E-state index is -0.718. The van der Waals surface area contributed by atoms with Crippen molar-refractivity contribution in [3.05, 3.63) is 101 Å². The monoisotopic (exact) mass is 478 g/mol. The first-order valence-corrected chi connectivity index (χ1v) is 11.7. The molecule has 0 saturated heterocycles. The summed E-state index contributed by atoms with van der Waals surface area (Å²) in [5.74, 6) is -0.0805. The molecule has 0 aliphatic carbocycles. The number of amides is 2. The normalized spacial score (nSPS) is 12.0. The summed E-state index contributed by atoms with van der Waals surface area (Å²) >= 11 is 6.20. The number of carbonyl (C=O) groups excluding carboxylic acids is 2. The van der Waals surface area contributed by atoms with E-state index in [9.17, 15) is 9.59 Å². The molecule has 0 aromatic heterocycles. The van der Waals surface area contributed by atoms with Gasteiger partial charge in [-0.15, -0.1) is 0 Å². The highest BCUT2D eigenvalue weighted by molar-refractivity contribution is 6.32. The summed E-state index contributed by atoms with van der Waals surface area (Å²) in [4.78, 5) is 28.6. The van der Waals surface area contributed by atoms with E-state index in [1.165, 1.54) is 0 Å². The molecule has 1 N–H and O–H groups in total. The lowest BCUT2D eigenvalue weighted by Gasteiger charge is -2.33. The third kappa shape index (κ3) is 7.63. The molecule has 0 unspecified atom stereocenters. The van der Waals surface area contributed by atoms with Crippen molar-refractivity contribution in [2.24, 2.45) is 0 Å². The highest BCUT2D eigenvalue weighted by atomic mass is 35.5. The topological polar surface area (TPSA) is 58.6 Å². The molecule has 3 rings (SSSR count). The molecule has 3 aromatic rings. The van der Waals surface area contributed by atoms with Crippen LogP contribution in [0.5, 0.6) is 5.75 Å². The van der Waals surface area contributed by atoms with Gasteiger partial charge in [0.2, 0.25) is 5.91 Å². The molecule has 0 aliphatic rings. The van der Waals surface area contributed by atoms with E-state index in [1.54, 1.807) is 29.2 Å². The summed E-state index contributed by atoms with van der Waals surface area (Å²) in [6, 6.07) is 25.6. The fourth-order valence-corrected chi connectivity index (χ4v) is 3.76. The van der Waals surface area contributed by atoms with Crippen LogP contribution in [0, 0.1) is 0 Å². The van der Waals surface area contributed by atoms with Crippen LogP contribution >= 0.6 is 11.6 Å². The number of hydrogen-bond donors (Lipinski definition) is 1. The molecule has 5 nitrogen and oxygen atoms in total. The second-order valence-electron chi connectivity index (χ2n) is 9.17. The minimum Gasteiger partial charge on any atom is -0.482 e. The van der Waals surface area contributed by atoms with Crippen LogP contribution in [0.1, 0.15) is 31.9 Å². The Labute approximate surface area is 206 Å². The molecule has 178 valence electrons. The zero-order valence-corrected chi connectivity index (χ0v) is 20.6. The molecule has 6 heteroatoms. The van der Waals surface area contributed by atoms with Crippen LogP contribution in [-0.4, -0.2) is 34.9 Å². The molecule has 0 radical (unpaired) electrons. The summed E-state index contributed by atoms with van der Waals surface area (Å²) in [5.41, 5.74) is 1.45. The van der Waals surface area contributed by atoms with Crippen LogP contribution in [0.25, 0.3) is 0 Å². The maximum Gasteiger partial charge on any atom is 0.261 e. The zero-order valence-electron chi connectivity index (χ0n) is 19.8. The predicted octanol–water partition coefficient (Wildman–Crippen LogP) is 5.27. The van der Waals surface area contributed by atoms with Crippen LogP contribution < -0.4 is 10.1 Å². The smallest absolute Gasteiger partial charge is 0.261 e. The molecule has 0 heterocycles. The number of benzene rings is 3. The van der Waals surface area contributed by atoms with Crippen molar-refractivity contribution >= 4 is 23.4 Å². The number of ether oxygens (including phenoxy) is 1. The average molecular weight is 479 g/mol. The third-order valence-corrected chi connectivity index (χ3v) is 5.47. The summed E-state index contributed by atoms with van der Waals surface area (Å²) in [5, 5.41) is 3.48.